The number of rotatable bonds is 7. The fourth-order valence-electron chi connectivity index (χ4n) is 2.37. The van der Waals surface area contributed by atoms with Crippen LogP contribution in [-0.4, -0.2) is 60.3 Å². The van der Waals surface area contributed by atoms with E-state index in [0.717, 1.165) is 32.5 Å². The minimum Gasteiger partial charge on any atom is -0.389 e. The lowest BCUT2D eigenvalue weighted by Crippen LogP contribution is -2.43. The molecule has 1 aliphatic heterocycles. The van der Waals surface area contributed by atoms with E-state index in [4.69, 9.17) is 0 Å². The molecule has 1 rings (SSSR count). The van der Waals surface area contributed by atoms with E-state index in [1.54, 1.807) is 0 Å². The molecule has 3 heteroatoms. The van der Waals surface area contributed by atoms with E-state index < -0.39 is 5.60 Å². The molecule has 3 nitrogen and oxygen atoms in total. The van der Waals surface area contributed by atoms with Crippen LogP contribution in [-0.2, 0) is 0 Å². The predicted molar refractivity (Wildman–Crippen MR) is 68.7 cm³/mol. The first-order valence-electron chi connectivity index (χ1n) is 6.73. The van der Waals surface area contributed by atoms with E-state index in [2.05, 4.69) is 30.7 Å². The van der Waals surface area contributed by atoms with Gasteiger partial charge in [0.05, 0.1) is 5.60 Å². The third-order valence-electron chi connectivity index (χ3n) is 3.88. The van der Waals surface area contributed by atoms with E-state index >= 15 is 0 Å². The van der Waals surface area contributed by atoms with E-state index in [-0.39, 0.29) is 0 Å². The molecule has 0 aromatic heterocycles. The fraction of sp³-hybridized carbons (Fsp3) is 1.00. The molecule has 0 amide bonds. The first kappa shape index (κ1) is 13.9. The van der Waals surface area contributed by atoms with Gasteiger partial charge >= 0.3 is 0 Å². The SMILES string of the molecule is CCC(O)(CC)CN(C)CCN1CCCC1. The van der Waals surface area contributed by atoms with E-state index in [9.17, 15) is 5.11 Å². The van der Waals surface area contributed by atoms with Crippen LogP contribution in [0.1, 0.15) is 39.5 Å². The van der Waals surface area contributed by atoms with Gasteiger partial charge in [0.1, 0.15) is 0 Å². The zero-order valence-electron chi connectivity index (χ0n) is 11.2. The Bertz CT molecular complexity index is 186. The molecule has 0 atom stereocenters. The van der Waals surface area contributed by atoms with E-state index in [0.29, 0.717) is 0 Å². The molecule has 1 aliphatic rings. The normalized spacial score (nSPS) is 18.6. The molecule has 0 saturated carbocycles. The molecular weight excluding hydrogens is 200 g/mol. The second kappa shape index (κ2) is 6.58. The zero-order valence-corrected chi connectivity index (χ0v) is 11.2. The Labute approximate surface area is 100 Å². The maximum atomic E-state index is 10.2. The predicted octanol–water partition coefficient (Wildman–Crippen LogP) is 1.57. The van der Waals surface area contributed by atoms with Crippen molar-refractivity contribution in [2.24, 2.45) is 0 Å². The van der Waals surface area contributed by atoms with Crippen LogP contribution < -0.4 is 0 Å². The molecule has 1 N–H and O–H groups in total. The molecule has 96 valence electrons. The van der Waals surface area contributed by atoms with Crippen LogP contribution in [0.25, 0.3) is 0 Å². The van der Waals surface area contributed by atoms with Crippen molar-refractivity contribution in [1.82, 2.24) is 9.80 Å². The second-order valence-electron chi connectivity index (χ2n) is 5.22. The topological polar surface area (TPSA) is 26.7 Å². The lowest BCUT2D eigenvalue weighted by molar-refractivity contribution is 0.00177. The Morgan fingerprint density at radius 1 is 1.19 bits per heavy atom. The molecule has 0 aliphatic carbocycles. The molecule has 1 heterocycles. The van der Waals surface area contributed by atoms with Crippen LogP contribution in [0.4, 0.5) is 0 Å². The van der Waals surface area contributed by atoms with Crippen molar-refractivity contribution in [3.63, 3.8) is 0 Å². The lowest BCUT2D eigenvalue weighted by atomic mass is 9.97. The van der Waals surface area contributed by atoms with Gasteiger partial charge in [-0.1, -0.05) is 13.8 Å². The number of likely N-dealkylation sites (N-methyl/N-ethyl adjacent to an activating group) is 1. The van der Waals surface area contributed by atoms with Gasteiger partial charge in [-0.25, -0.2) is 0 Å². The van der Waals surface area contributed by atoms with Gasteiger partial charge in [-0.15, -0.1) is 0 Å². The largest absolute Gasteiger partial charge is 0.389 e. The summed E-state index contributed by atoms with van der Waals surface area (Å²) in [5, 5.41) is 10.2. The van der Waals surface area contributed by atoms with Crippen molar-refractivity contribution >= 4 is 0 Å². The lowest BCUT2D eigenvalue weighted by Gasteiger charge is -2.31. The van der Waals surface area contributed by atoms with E-state index in [1.165, 1.54) is 25.9 Å². The van der Waals surface area contributed by atoms with Crippen molar-refractivity contribution in [2.75, 3.05) is 39.8 Å². The summed E-state index contributed by atoms with van der Waals surface area (Å²) in [5.41, 5.74) is -0.486. The summed E-state index contributed by atoms with van der Waals surface area (Å²) in [7, 11) is 2.12. The molecule has 0 unspecified atom stereocenters. The van der Waals surface area contributed by atoms with Gasteiger partial charge in [0.2, 0.25) is 0 Å². The minimum absolute atomic E-state index is 0.486. The second-order valence-corrected chi connectivity index (χ2v) is 5.22. The van der Waals surface area contributed by atoms with Crippen molar-refractivity contribution in [2.45, 2.75) is 45.1 Å². The maximum absolute atomic E-state index is 10.2. The summed E-state index contributed by atoms with van der Waals surface area (Å²) in [6, 6.07) is 0. The van der Waals surface area contributed by atoms with Crippen LogP contribution in [0, 0.1) is 0 Å². The summed E-state index contributed by atoms with van der Waals surface area (Å²) in [6.45, 7) is 9.69. The van der Waals surface area contributed by atoms with Crippen LogP contribution in [0.5, 0.6) is 0 Å². The van der Waals surface area contributed by atoms with Gasteiger partial charge in [-0.3, -0.25) is 0 Å². The summed E-state index contributed by atoms with van der Waals surface area (Å²) >= 11 is 0. The van der Waals surface area contributed by atoms with Crippen molar-refractivity contribution in [3.8, 4) is 0 Å². The molecular formula is C13H28N2O. The highest BCUT2D eigenvalue weighted by Gasteiger charge is 2.24. The number of hydrogen-bond donors (Lipinski definition) is 1. The van der Waals surface area contributed by atoms with Crippen molar-refractivity contribution < 1.29 is 5.11 Å². The smallest absolute Gasteiger partial charge is 0.0768 e. The van der Waals surface area contributed by atoms with Crippen molar-refractivity contribution in [3.05, 3.63) is 0 Å². The maximum Gasteiger partial charge on any atom is 0.0768 e. The van der Waals surface area contributed by atoms with E-state index in [1.807, 2.05) is 0 Å². The highest BCUT2D eigenvalue weighted by molar-refractivity contribution is 4.79. The van der Waals surface area contributed by atoms with Gasteiger partial charge < -0.3 is 14.9 Å². The first-order chi connectivity index (χ1) is 7.59. The molecule has 16 heavy (non-hydrogen) atoms. The third kappa shape index (κ3) is 4.40. The molecule has 0 radical (unpaired) electrons. The van der Waals surface area contributed by atoms with Crippen LogP contribution >= 0.6 is 0 Å². The van der Waals surface area contributed by atoms with Gasteiger partial charge in [0.25, 0.3) is 0 Å². The summed E-state index contributed by atoms with van der Waals surface area (Å²) in [6.07, 6.45) is 4.41. The molecule has 0 aromatic carbocycles. The third-order valence-corrected chi connectivity index (χ3v) is 3.88. The number of likely N-dealkylation sites (tertiary alicyclic amines) is 1. The highest BCUT2D eigenvalue weighted by Crippen LogP contribution is 2.15. The number of nitrogens with zero attached hydrogens (tertiary/aromatic N) is 2. The van der Waals surface area contributed by atoms with Gasteiger partial charge in [0.15, 0.2) is 0 Å². The standard InChI is InChI=1S/C13H28N2O/c1-4-13(16,5-2)12-14(3)10-11-15-8-6-7-9-15/h16H,4-12H2,1-3H3. The Morgan fingerprint density at radius 2 is 1.75 bits per heavy atom. The minimum atomic E-state index is -0.486. The average molecular weight is 228 g/mol. The Balaban J connectivity index is 2.21. The molecule has 0 spiro atoms. The molecule has 0 bridgehead atoms. The fourth-order valence-corrected chi connectivity index (χ4v) is 2.37. The van der Waals surface area contributed by atoms with Crippen molar-refractivity contribution in [1.29, 1.82) is 0 Å². The highest BCUT2D eigenvalue weighted by atomic mass is 16.3. The average Bonchev–Trinajstić information content (AvgIpc) is 2.79. The number of hydrogen-bond acceptors (Lipinski definition) is 3. The monoisotopic (exact) mass is 228 g/mol. The number of aliphatic hydroxyl groups is 1. The molecule has 1 fully saturated rings. The Hall–Kier alpha value is -0.120. The quantitative estimate of drug-likeness (QED) is 0.716. The first-order valence-corrected chi connectivity index (χ1v) is 6.73. The zero-order chi connectivity index (χ0) is 12.0. The summed E-state index contributed by atoms with van der Waals surface area (Å²) in [4.78, 5) is 4.79. The van der Waals surface area contributed by atoms with Crippen LogP contribution in [0.2, 0.25) is 0 Å². The molecule has 1 saturated heterocycles. The van der Waals surface area contributed by atoms with Crippen LogP contribution in [0.15, 0.2) is 0 Å². The van der Waals surface area contributed by atoms with Crippen LogP contribution in [0.3, 0.4) is 0 Å². The van der Waals surface area contributed by atoms with Gasteiger partial charge in [-0.2, -0.15) is 0 Å². The Kier molecular flexibility index (Phi) is 5.73. The van der Waals surface area contributed by atoms with Gasteiger partial charge in [-0.05, 0) is 45.8 Å². The Morgan fingerprint density at radius 3 is 2.25 bits per heavy atom. The summed E-state index contributed by atoms with van der Waals surface area (Å²) in [5.74, 6) is 0. The summed E-state index contributed by atoms with van der Waals surface area (Å²) < 4.78 is 0. The van der Waals surface area contributed by atoms with Gasteiger partial charge in [0, 0.05) is 19.6 Å². The molecule has 0 aromatic rings.